The van der Waals surface area contributed by atoms with Gasteiger partial charge in [-0.2, -0.15) is 0 Å². The zero-order valence-electron chi connectivity index (χ0n) is 21.4. The van der Waals surface area contributed by atoms with Crippen LogP contribution in [-0.2, 0) is 26.2 Å². The molecule has 10 heteroatoms. The van der Waals surface area contributed by atoms with Crippen LogP contribution < -0.4 is 9.62 Å². The number of nitrogens with one attached hydrogen (secondary N) is 1. The van der Waals surface area contributed by atoms with Crippen LogP contribution >= 0.6 is 23.2 Å². The molecule has 0 radical (unpaired) electrons. The lowest BCUT2D eigenvalue weighted by Gasteiger charge is -2.30. The molecule has 2 atom stereocenters. The summed E-state index contributed by atoms with van der Waals surface area (Å²) in [6.45, 7) is 7.64. The quantitative estimate of drug-likeness (QED) is 0.391. The number of hydrogen-bond acceptors (Lipinski definition) is 4. The molecule has 0 heterocycles. The zero-order valence-corrected chi connectivity index (χ0v) is 23.8. The van der Waals surface area contributed by atoms with E-state index in [-0.39, 0.29) is 43.8 Å². The summed E-state index contributed by atoms with van der Waals surface area (Å²) in [5, 5.41) is 3.80. The maximum atomic E-state index is 13.4. The Kier molecular flexibility index (Phi) is 11.1. The number of anilines is 1. The number of hydrogen-bond donors (Lipinski definition) is 1. The second kappa shape index (κ2) is 13.3. The van der Waals surface area contributed by atoms with Crippen LogP contribution in [0, 0.1) is 6.92 Å². The summed E-state index contributed by atoms with van der Waals surface area (Å²) in [6.07, 6.45) is 2.25. The Labute approximate surface area is 224 Å². The Hall–Kier alpha value is -2.29. The Morgan fingerprint density at radius 3 is 2.33 bits per heavy atom. The summed E-state index contributed by atoms with van der Waals surface area (Å²) in [6, 6.07) is 11.4. The molecule has 198 valence electrons. The van der Waals surface area contributed by atoms with Gasteiger partial charge in [-0.3, -0.25) is 13.9 Å². The lowest BCUT2D eigenvalue weighted by molar-refractivity contribution is -0.140. The lowest BCUT2D eigenvalue weighted by Crippen LogP contribution is -2.49. The minimum absolute atomic E-state index is 0.0338. The highest BCUT2D eigenvalue weighted by Crippen LogP contribution is 2.25. The van der Waals surface area contributed by atoms with Crippen molar-refractivity contribution < 1.29 is 18.0 Å². The van der Waals surface area contributed by atoms with E-state index in [1.807, 2.05) is 32.9 Å². The third kappa shape index (κ3) is 8.39. The molecule has 0 saturated heterocycles. The average molecular weight is 557 g/mol. The largest absolute Gasteiger partial charge is 0.352 e. The second-order valence-corrected chi connectivity index (χ2v) is 11.7. The number of carbonyl (C=O) groups excluding carboxylic acids is 2. The molecule has 0 bridgehead atoms. The van der Waals surface area contributed by atoms with Gasteiger partial charge in [0.1, 0.15) is 6.04 Å². The highest BCUT2D eigenvalue weighted by atomic mass is 35.5. The van der Waals surface area contributed by atoms with Gasteiger partial charge in [0.05, 0.1) is 11.9 Å². The first-order valence-electron chi connectivity index (χ1n) is 11.9. The topological polar surface area (TPSA) is 86.8 Å². The van der Waals surface area contributed by atoms with Crippen LogP contribution in [0.1, 0.15) is 51.2 Å². The summed E-state index contributed by atoms with van der Waals surface area (Å²) in [7, 11) is -3.55. The maximum absolute atomic E-state index is 13.4. The third-order valence-corrected chi connectivity index (χ3v) is 7.83. The van der Waals surface area contributed by atoms with E-state index in [1.165, 1.54) is 9.21 Å². The Bertz CT molecular complexity index is 1170. The standard InChI is InChI=1S/C26H35Cl2N3O4S/c1-6-19(3)29-26(33)20(4)30(17-21-13-14-22(27)16-23(21)28)25(32)12-9-15-31(36(5,34)35)24-11-8-7-10-18(24)2/h7-8,10-11,13-14,16,19-20H,6,9,12,15,17H2,1-5H3,(H,29,33)/t19-,20+/m0/s1. The summed E-state index contributed by atoms with van der Waals surface area (Å²) in [4.78, 5) is 27.7. The van der Waals surface area contributed by atoms with Crippen molar-refractivity contribution in [3.8, 4) is 0 Å². The molecule has 0 spiro atoms. The lowest BCUT2D eigenvalue weighted by atomic mass is 10.1. The van der Waals surface area contributed by atoms with Crippen molar-refractivity contribution in [2.45, 2.75) is 65.6 Å². The molecule has 2 aromatic carbocycles. The summed E-state index contributed by atoms with van der Waals surface area (Å²) < 4.78 is 26.3. The van der Waals surface area contributed by atoms with Crippen LogP contribution in [-0.4, -0.2) is 50.0 Å². The number of amides is 2. The number of benzene rings is 2. The van der Waals surface area contributed by atoms with E-state index in [4.69, 9.17) is 23.2 Å². The summed E-state index contributed by atoms with van der Waals surface area (Å²) in [5.41, 5.74) is 2.07. The van der Waals surface area contributed by atoms with Gasteiger partial charge in [0.2, 0.25) is 21.8 Å². The van der Waals surface area contributed by atoms with Gasteiger partial charge in [-0.1, -0.05) is 54.4 Å². The summed E-state index contributed by atoms with van der Waals surface area (Å²) in [5.74, 6) is -0.536. The van der Waals surface area contributed by atoms with Crippen LogP contribution in [0.25, 0.3) is 0 Å². The smallest absolute Gasteiger partial charge is 0.242 e. The number of halogens is 2. The average Bonchev–Trinajstić information content (AvgIpc) is 2.80. The Morgan fingerprint density at radius 2 is 1.75 bits per heavy atom. The van der Waals surface area contributed by atoms with E-state index < -0.39 is 16.1 Å². The van der Waals surface area contributed by atoms with E-state index in [0.29, 0.717) is 21.3 Å². The number of rotatable bonds is 12. The van der Waals surface area contributed by atoms with E-state index in [9.17, 15) is 18.0 Å². The molecule has 0 unspecified atom stereocenters. The van der Waals surface area contributed by atoms with Crippen molar-refractivity contribution in [3.05, 3.63) is 63.6 Å². The van der Waals surface area contributed by atoms with Crippen molar-refractivity contribution in [2.24, 2.45) is 0 Å². The van der Waals surface area contributed by atoms with Gasteiger partial charge in [0.15, 0.2) is 0 Å². The monoisotopic (exact) mass is 555 g/mol. The fourth-order valence-corrected chi connectivity index (χ4v) is 5.20. The Morgan fingerprint density at radius 1 is 1.08 bits per heavy atom. The van der Waals surface area contributed by atoms with Crippen LogP contribution in [0.5, 0.6) is 0 Å². The Balaban J connectivity index is 2.22. The van der Waals surface area contributed by atoms with Gasteiger partial charge in [0.25, 0.3) is 0 Å². The SMILES string of the molecule is CC[C@H](C)NC(=O)[C@@H](C)N(Cc1ccc(Cl)cc1Cl)C(=O)CCCN(c1ccccc1C)S(C)(=O)=O. The van der Waals surface area contributed by atoms with Gasteiger partial charge in [-0.15, -0.1) is 0 Å². The number of aryl methyl sites for hydroxylation is 1. The second-order valence-electron chi connectivity index (χ2n) is 8.98. The minimum Gasteiger partial charge on any atom is -0.352 e. The molecule has 2 aromatic rings. The predicted octanol–water partition coefficient (Wildman–Crippen LogP) is 5.18. The number of para-hydroxylation sites is 1. The van der Waals surface area contributed by atoms with E-state index >= 15 is 0 Å². The number of sulfonamides is 1. The normalized spacial score (nSPS) is 13.1. The molecule has 0 aliphatic heterocycles. The van der Waals surface area contributed by atoms with E-state index in [2.05, 4.69) is 5.32 Å². The first-order chi connectivity index (χ1) is 16.8. The predicted molar refractivity (Wildman–Crippen MR) is 147 cm³/mol. The fourth-order valence-electron chi connectivity index (χ4n) is 3.71. The zero-order chi connectivity index (χ0) is 27.0. The van der Waals surface area contributed by atoms with Gasteiger partial charge in [-0.25, -0.2) is 8.42 Å². The van der Waals surface area contributed by atoms with Crippen LogP contribution in [0.2, 0.25) is 10.0 Å². The van der Waals surface area contributed by atoms with Crippen molar-refractivity contribution in [2.75, 3.05) is 17.1 Å². The highest BCUT2D eigenvalue weighted by molar-refractivity contribution is 7.92. The molecule has 2 rings (SSSR count). The van der Waals surface area contributed by atoms with Gasteiger partial charge in [0, 0.05) is 35.6 Å². The minimum atomic E-state index is -3.55. The maximum Gasteiger partial charge on any atom is 0.242 e. The van der Waals surface area contributed by atoms with Gasteiger partial charge < -0.3 is 10.2 Å². The van der Waals surface area contributed by atoms with E-state index in [0.717, 1.165) is 18.2 Å². The van der Waals surface area contributed by atoms with Crippen molar-refractivity contribution in [3.63, 3.8) is 0 Å². The molecule has 0 aromatic heterocycles. The van der Waals surface area contributed by atoms with Crippen molar-refractivity contribution in [1.82, 2.24) is 10.2 Å². The molecule has 0 saturated carbocycles. The molecular weight excluding hydrogens is 521 g/mol. The van der Waals surface area contributed by atoms with Gasteiger partial charge in [-0.05, 0) is 62.9 Å². The first-order valence-corrected chi connectivity index (χ1v) is 14.5. The molecule has 36 heavy (non-hydrogen) atoms. The molecule has 1 N–H and O–H groups in total. The molecule has 7 nitrogen and oxygen atoms in total. The first kappa shape index (κ1) is 29.9. The number of nitrogens with zero attached hydrogens (tertiary/aromatic N) is 2. The number of carbonyl (C=O) groups is 2. The van der Waals surface area contributed by atoms with E-state index in [1.54, 1.807) is 37.3 Å². The van der Waals surface area contributed by atoms with Crippen LogP contribution in [0.15, 0.2) is 42.5 Å². The summed E-state index contributed by atoms with van der Waals surface area (Å²) >= 11 is 12.4. The highest BCUT2D eigenvalue weighted by Gasteiger charge is 2.28. The molecule has 0 aliphatic rings. The van der Waals surface area contributed by atoms with Crippen molar-refractivity contribution in [1.29, 1.82) is 0 Å². The molecule has 2 amide bonds. The fraction of sp³-hybridized carbons (Fsp3) is 0.462. The molecule has 0 fully saturated rings. The van der Waals surface area contributed by atoms with Crippen LogP contribution in [0.4, 0.5) is 5.69 Å². The third-order valence-electron chi connectivity index (χ3n) is 6.06. The van der Waals surface area contributed by atoms with Crippen LogP contribution in [0.3, 0.4) is 0 Å². The van der Waals surface area contributed by atoms with Gasteiger partial charge >= 0.3 is 0 Å². The van der Waals surface area contributed by atoms with Crippen molar-refractivity contribution >= 4 is 50.7 Å². The molecular formula is C26H35Cl2N3O4S. The molecule has 0 aliphatic carbocycles.